The molecule has 0 amide bonds. The highest BCUT2D eigenvalue weighted by atomic mass is 28.4. The summed E-state index contributed by atoms with van der Waals surface area (Å²) < 4.78 is 6.20. The molecule has 0 aromatic heterocycles. The maximum absolute atomic E-state index is 10.4. The van der Waals surface area contributed by atoms with Gasteiger partial charge in [0.1, 0.15) is 0 Å². The summed E-state index contributed by atoms with van der Waals surface area (Å²) in [5.41, 5.74) is 0. The monoisotopic (exact) mass is 280 g/mol. The van der Waals surface area contributed by atoms with E-state index in [0.717, 1.165) is 0 Å². The summed E-state index contributed by atoms with van der Waals surface area (Å²) in [5, 5.41) is 8.63. The third-order valence-electron chi connectivity index (χ3n) is 3.21. The number of allylic oxidation sites excluding steroid dienone is 2. The summed E-state index contributed by atoms with van der Waals surface area (Å²) in [6, 6.07) is 0. The second-order valence-electron chi connectivity index (χ2n) is 5.85. The lowest BCUT2D eigenvalue weighted by Crippen LogP contribution is -2.43. The minimum absolute atomic E-state index is 0.105. The molecule has 0 aromatic rings. The van der Waals surface area contributed by atoms with E-state index in [1.165, 1.54) is 0 Å². The quantitative estimate of drug-likeness (QED) is 0.475. The van der Waals surface area contributed by atoms with Crippen molar-refractivity contribution in [2.75, 3.05) is 0 Å². The average Bonchev–Trinajstić information content (AvgIpc) is 2.23. The molecule has 0 bridgehead atoms. The molecule has 4 heteroatoms. The third-order valence-corrected chi connectivity index (χ3v) is 7.72. The Bertz CT molecular complexity index is 405. The van der Waals surface area contributed by atoms with Crippen LogP contribution >= 0.6 is 0 Å². The first kappa shape index (κ1) is 17.7. The van der Waals surface area contributed by atoms with Gasteiger partial charge in [0.2, 0.25) is 0 Å². The van der Waals surface area contributed by atoms with Gasteiger partial charge < -0.3 is 9.53 Å². The van der Waals surface area contributed by atoms with Gasteiger partial charge in [-0.1, -0.05) is 51.5 Å². The molecule has 0 spiro atoms. The van der Waals surface area contributed by atoms with E-state index in [1.54, 1.807) is 12.2 Å². The highest BCUT2D eigenvalue weighted by Crippen LogP contribution is 2.37. The second kappa shape index (κ2) is 7.32. The van der Waals surface area contributed by atoms with Crippen LogP contribution in [0.15, 0.2) is 24.8 Å². The molecule has 0 saturated heterocycles. The average molecular weight is 280 g/mol. The first-order valence-electron chi connectivity index (χ1n) is 6.29. The molecule has 0 aliphatic heterocycles. The van der Waals surface area contributed by atoms with E-state index in [9.17, 15) is 4.79 Å². The largest absolute Gasteiger partial charge is 0.472 e. The first-order chi connectivity index (χ1) is 8.60. The fraction of sp³-hybridized carbons (Fsp3) is 0.533. The molecule has 0 heterocycles. The number of aliphatic carboxylic acids is 1. The normalized spacial score (nSPS) is 13.7. The zero-order chi connectivity index (χ0) is 15.1. The van der Waals surface area contributed by atoms with Crippen LogP contribution in [0.3, 0.4) is 0 Å². The smallest absolute Gasteiger partial charge is 0.381 e. The van der Waals surface area contributed by atoms with Crippen molar-refractivity contribution in [2.24, 2.45) is 0 Å². The third kappa shape index (κ3) is 6.99. The van der Waals surface area contributed by atoms with E-state index >= 15 is 0 Å². The summed E-state index contributed by atoms with van der Waals surface area (Å²) in [7, 11) is -1.90. The minimum atomic E-state index is -1.90. The first-order valence-corrected chi connectivity index (χ1v) is 9.20. The standard InChI is InChI=1S/C15H24O3Si/c1-7-8-10-13(11-9-12-14(16)17)18-19(5,6)15(2,3)4/h7-8,10,13H,1,11H2,2-6H3,(H,16,17)/b10-8+. The van der Waals surface area contributed by atoms with Crippen molar-refractivity contribution in [1.82, 2.24) is 0 Å². The van der Waals surface area contributed by atoms with Crippen molar-refractivity contribution >= 4 is 14.3 Å². The molecule has 3 nitrogen and oxygen atoms in total. The minimum Gasteiger partial charge on any atom is -0.472 e. The summed E-state index contributed by atoms with van der Waals surface area (Å²) in [5.74, 6) is 3.64. The van der Waals surface area contributed by atoms with E-state index in [-0.39, 0.29) is 11.1 Å². The Morgan fingerprint density at radius 1 is 1.47 bits per heavy atom. The molecule has 106 valence electrons. The fourth-order valence-electron chi connectivity index (χ4n) is 1.13. The Hall–Kier alpha value is -1.31. The Kier molecular flexibility index (Phi) is 6.81. The molecule has 0 aliphatic carbocycles. The van der Waals surface area contributed by atoms with Crippen LogP contribution in [0.2, 0.25) is 18.1 Å². The molecule has 0 rings (SSSR count). The molecule has 1 atom stereocenters. The molecule has 0 fully saturated rings. The number of rotatable bonds is 5. The van der Waals surface area contributed by atoms with Crippen LogP contribution in [0.1, 0.15) is 27.2 Å². The molecule has 1 N–H and O–H groups in total. The number of carboxylic acids is 1. The molecule has 0 saturated carbocycles. The molecular formula is C15H24O3Si. The number of carboxylic acid groups (broad SMARTS) is 1. The van der Waals surface area contributed by atoms with Crippen LogP contribution in [0.4, 0.5) is 0 Å². The van der Waals surface area contributed by atoms with Gasteiger partial charge >= 0.3 is 5.97 Å². The maximum Gasteiger partial charge on any atom is 0.381 e. The zero-order valence-corrected chi connectivity index (χ0v) is 13.5. The topological polar surface area (TPSA) is 46.5 Å². The highest BCUT2D eigenvalue weighted by molar-refractivity contribution is 6.74. The predicted octanol–water partition coefficient (Wildman–Crippen LogP) is 3.60. The van der Waals surface area contributed by atoms with E-state index < -0.39 is 14.3 Å². The summed E-state index contributed by atoms with van der Waals surface area (Å²) in [6.45, 7) is 14.4. The van der Waals surface area contributed by atoms with E-state index in [2.05, 4.69) is 52.3 Å². The van der Waals surface area contributed by atoms with Crippen molar-refractivity contribution in [3.8, 4) is 11.8 Å². The number of carbonyl (C=O) groups is 1. The zero-order valence-electron chi connectivity index (χ0n) is 12.5. The van der Waals surface area contributed by atoms with Crippen molar-refractivity contribution in [3.63, 3.8) is 0 Å². The SMILES string of the molecule is C=C/C=C/C(CC#CC(=O)O)O[Si](C)(C)C(C)(C)C. The Morgan fingerprint density at radius 2 is 2.05 bits per heavy atom. The lowest BCUT2D eigenvalue weighted by Gasteiger charge is -2.38. The lowest BCUT2D eigenvalue weighted by molar-refractivity contribution is -0.130. The Labute approximate surface area is 117 Å². The molecule has 0 aliphatic rings. The van der Waals surface area contributed by atoms with Crippen LogP contribution in [0.5, 0.6) is 0 Å². The predicted molar refractivity (Wildman–Crippen MR) is 81.4 cm³/mol. The van der Waals surface area contributed by atoms with Crippen LogP contribution in [0, 0.1) is 11.8 Å². The Morgan fingerprint density at radius 3 is 2.47 bits per heavy atom. The summed E-state index contributed by atoms with van der Waals surface area (Å²) in [6.07, 6.45) is 5.55. The van der Waals surface area contributed by atoms with Crippen molar-refractivity contribution in [2.45, 2.75) is 51.4 Å². The molecule has 1 unspecified atom stereocenters. The number of hydrogen-bond acceptors (Lipinski definition) is 2. The van der Waals surface area contributed by atoms with Gasteiger partial charge in [0, 0.05) is 12.3 Å². The van der Waals surface area contributed by atoms with Gasteiger partial charge in [-0.05, 0) is 18.1 Å². The fourth-order valence-corrected chi connectivity index (χ4v) is 2.41. The highest BCUT2D eigenvalue weighted by Gasteiger charge is 2.38. The Balaban J connectivity index is 4.89. The van der Waals surface area contributed by atoms with Gasteiger partial charge in [0.15, 0.2) is 8.32 Å². The summed E-state index contributed by atoms with van der Waals surface area (Å²) >= 11 is 0. The van der Waals surface area contributed by atoms with Gasteiger partial charge in [0.05, 0.1) is 6.10 Å². The molecule has 0 radical (unpaired) electrons. The van der Waals surface area contributed by atoms with E-state index in [1.807, 2.05) is 6.08 Å². The van der Waals surface area contributed by atoms with Gasteiger partial charge in [0.25, 0.3) is 0 Å². The van der Waals surface area contributed by atoms with Gasteiger partial charge in [-0.2, -0.15) is 0 Å². The van der Waals surface area contributed by atoms with Crippen molar-refractivity contribution in [3.05, 3.63) is 24.8 Å². The second-order valence-corrected chi connectivity index (χ2v) is 10.6. The maximum atomic E-state index is 10.4. The van der Waals surface area contributed by atoms with Crippen LogP contribution < -0.4 is 0 Å². The van der Waals surface area contributed by atoms with Gasteiger partial charge in [-0.3, -0.25) is 0 Å². The molecule has 19 heavy (non-hydrogen) atoms. The molecular weight excluding hydrogens is 256 g/mol. The number of hydrogen-bond donors (Lipinski definition) is 1. The van der Waals surface area contributed by atoms with Gasteiger partial charge in [-0.25, -0.2) is 4.79 Å². The van der Waals surface area contributed by atoms with E-state index in [4.69, 9.17) is 9.53 Å². The van der Waals surface area contributed by atoms with Crippen molar-refractivity contribution < 1.29 is 14.3 Å². The lowest BCUT2D eigenvalue weighted by atomic mass is 10.2. The van der Waals surface area contributed by atoms with E-state index in [0.29, 0.717) is 6.42 Å². The van der Waals surface area contributed by atoms with Crippen molar-refractivity contribution in [1.29, 1.82) is 0 Å². The summed E-state index contributed by atoms with van der Waals surface area (Å²) in [4.78, 5) is 10.4. The molecule has 0 aromatic carbocycles. The van der Waals surface area contributed by atoms with Crippen LogP contribution in [-0.4, -0.2) is 25.5 Å². The van der Waals surface area contributed by atoms with Crippen LogP contribution in [-0.2, 0) is 9.22 Å². The van der Waals surface area contributed by atoms with Crippen LogP contribution in [0.25, 0.3) is 0 Å². The van der Waals surface area contributed by atoms with Gasteiger partial charge in [-0.15, -0.1) is 0 Å².